The van der Waals surface area contributed by atoms with Crippen molar-refractivity contribution in [2.75, 3.05) is 18.9 Å². The number of rotatable bonds is 11. The molecule has 5 rings (SSSR count). The average molecular weight is 723 g/mol. The maximum absolute atomic E-state index is 14.2. The number of hydrogen-bond acceptors (Lipinski definition) is 8. The third-order valence-electron chi connectivity index (χ3n) is 8.49. The van der Waals surface area contributed by atoms with Crippen molar-refractivity contribution in [3.63, 3.8) is 0 Å². The summed E-state index contributed by atoms with van der Waals surface area (Å²) >= 11 is 0. The molecule has 1 N–H and O–H groups in total. The predicted molar refractivity (Wildman–Crippen MR) is 204 cm³/mol. The number of hydrogen-bond donors (Lipinski definition) is 1. The molecule has 0 unspecified atom stereocenters. The first-order chi connectivity index (χ1) is 25.2. The number of nitrogens with zero attached hydrogens (tertiary/aromatic N) is 4. The molecule has 2 aromatic heterocycles. The summed E-state index contributed by atoms with van der Waals surface area (Å²) in [5.74, 6) is -0.405. The van der Waals surface area contributed by atoms with Gasteiger partial charge in [0.25, 0.3) is 8.32 Å². The number of pyridine rings is 1. The fourth-order valence-electron chi connectivity index (χ4n) is 6.09. The number of fused-ring (bicyclic) bond motifs is 1. The normalized spacial score (nSPS) is 12.8. The number of likely N-dealkylation sites (N-methyl/N-ethyl adjacent to an activating group) is 1. The molecule has 1 atom stereocenters. The van der Waals surface area contributed by atoms with Gasteiger partial charge in [0.2, 0.25) is 5.91 Å². The smallest absolute Gasteiger partial charge is 0.435 e. The highest BCUT2D eigenvalue weighted by atomic mass is 28.4. The van der Waals surface area contributed by atoms with Crippen LogP contribution in [0.25, 0.3) is 11.0 Å². The lowest BCUT2D eigenvalue weighted by molar-refractivity contribution is -0.121. The van der Waals surface area contributed by atoms with Crippen LogP contribution >= 0.6 is 0 Å². The first-order valence-electron chi connectivity index (χ1n) is 17.8. The fraction of sp³-hybridized carbons (Fsp3) is 0.325. The van der Waals surface area contributed by atoms with Gasteiger partial charge in [-0.2, -0.15) is 9.78 Å². The Morgan fingerprint density at radius 2 is 1.46 bits per heavy atom. The van der Waals surface area contributed by atoms with Gasteiger partial charge in [-0.25, -0.2) is 14.6 Å². The molecule has 0 fully saturated rings. The molecule has 52 heavy (non-hydrogen) atoms. The van der Waals surface area contributed by atoms with Gasteiger partial charge in [-0.3, -0.25) is 9.69 Å². The summed E-state index contributed by atoms with van der Waals surface area (Å²) in [5.41, 5.74) is 0.786. The van der Waals surface area contributed by atoms with Crippen LogP contribution in [0.3, 0.4) is 0 Å². The zero-order valence-corrected chi connectivity index (χ0v) is 31.5. The van der Waals surface area contributed by atoms with Crippen molar-refractivity contribution in [2.45, 2.75) is 71.3 Å². The zero-order chi connectivity index (χ0) is 38.2. The number of amides is 2. The van der Waals surface area contributed by atoms with Crippen LogP contribution in [0.5, 0.6) is 0 Å². The lowest BCUT2D eigenvalue weighted by Gasteiger charge is -2.43. The molecule has 2 amide bonds. The summed E-state index contributed by atoms with van der Waals surface area (Å²) in [6.45, 7) is 11.8. The predicted octanol–water partition coefficient (Wildman–Crippen LogP) is 6.76. The number of aromatic nitrogens is 3. The van der Waals surface area contributed by atoms with Gasteiger partial charge >= 0.3 is 12.2 Å². The Balaban J connectivity index is 1.44. The number of nitrogens with one attached hydrogen (secondary N) is 1. The molecule has 5 aromatic rings. The van der Waals surface area contributed by atoms with Crippen LogP contribution in [0.1, 0.15) is 54.9 Å². The Hall–Kier alpha value is -5.33. The third kappa shape index (κ3) is 8.75. The maximum Gasteiger partial charge on any atom is 0.435 e. The molecule has 0 radical (unpaired) electrons. The zero-order valence-electron chi connectivity index (χ0n) is 31.5. The number of ether oxygens (including phenoxy) is 2. The molecule has 3 aromatic carbocycles. The van der Waals surface area contributed by atoms with Gasteiger partial charge in [0.1, 0.15) is 29.6 Å². The Morgan fingerprint density at radius 1 is 0.865 bits per heavy atom. The summed E-state index contributed by atoms with van der Waals surface area (Å²) in [7, 11) is -3.52. The third-order valence-corrected chi connectivity index (χ3v) is 13.5. The largest absolute Gasteiger partial charge is 0.445 e. The van der Waals surface area contributed by atoms with E-state index in [0.717, 1.165) is 25.5 Å². The fourth-order valence-corrected chi connectivity index (χ4v) is 10.7. The quantitative estimate of drug-likeness (QED) is 0.149. The van der Waals surface area contributed by atoms with Crippen molar-refractivity contribution < 1.29 is 29.7 Å². The molecule has 12 heteroatoms. The van der Waals surface area contributed by atoms with E-state index in [9.17, 15) is 14.4 Å². The van der Waals surface area contributed by atoms with Crippen molar-refractivity contribution >= 4 is 53.6 Å². The Labute approximate surface area is 307 Å². The van der Waals surface area contributed by atoms with Gasteiger partial charge in [0.05, 0.1) is 11.7 Å². The lowest BCUT2D eigenvalue weighted by Crippen LogP contribution is -2.66. The second-order valence-corrected chi connectivity index (χ2v) is 18.8. The monoisotopic (exact) mass is 722 g/mol. The van der Waals surface area contributed by atoms with E-state index in [2.05, 4.69) is 60.4 Å². The van der Waals surface area contributed by atoms with Crippen molar-refractivity contribution in [2.24, 2.45) is 0 Å². The van der Waals surface area contributed by atoms with Crippen LogP contribution in [0.2, 0.25) is 5.04 Å². The number of carbonyl (C=O) groups excluding carboxylic acids is 3. The van der Waals surface area contributed by atoms with E-state index in [1.165, 1.54) is 12.3 Å². The van der Waals surface area contributed by atoms with Crippen molar-refractivity contribution in [1.29, 1.82) is 0 Å². The van der Waals surface area contributed by atoms with E-state index < -0.39 is 45.1 Å². The highest BCUT2D eigenvalue weighted by molar-refractivity contribution is 6.99. The molecular formula is C40H47N5O6Si. The molecule has 2 heterocycles. The molecule has 0 saturated heterocycles. The van der Waals surface area contributed by atoms with E-state index in [-0.39, 0.29) is 30.5 Å². The van der Waals surface area contributed by atoms with Gasteiger partial charge in [0, 0.05) is 15.0 Å². The van der Waals surface area contributed by atoms with Crippen molar-refractivity contribution in [3.8, 4) is 0 Å². The maximum atomic E-state index is 14.2. The minimum atomic E-state index is -2.98. The van der Waals surface area contributed by atoms with Crippen LogP contribution in [0.4, 0.5) is 15.4 Å². The summed E-state index contributed by atoms with van der Waals surface area (Å²) in [6.07, 6.45) is -0.000964. The summed E-state index contributed by atoms with van der Waals surface area (Å²) in [4.78, 5) is 46.0. The van der Waals surface area contributed by atoms with E-state index in [0.29, 0.717) is 11.0 Å². The standard InChI is InChI=1S/C40H47N5O6Si/c1-39(2,3)51-38(48)45-33-23-24-35(42-32(33)27-41-45)43-36(46)34(44(7)37(47)49-28-29-17-11-8-12-18-29)25-26-50-52(40(4,5)6,30-19-13-9-14-20-30)31-21-15-10-16-22-31/h8-24,27,34H,25-26,28H2,1-7H3,(H,42,43,46)/t34-/m0/s1/i7D. The van der Waals surface area contributed by atoms with E-state index in [4.69, 9.17) is 15.3 Å². The highest BCUT2D eigenvalue weighted by Gasteiger charge is 2.50. The highest BCUT2D eigenvalue weighted by Crippen LogP contribution is 2.37. The van der Waals surface area contributed by atoms with Crippen LogP contribution < -0.4 is 15.7 Å². The van der Waals surface area contributed by atoms with Crippen LogP contribution in [0, 0.1) is 0 Å². The first-order valence-corrected chi connectivity index (χ1v) is 19.0. The molecule has 272 valence electrons. The van der Waals surface area contributed by atoms with Gasteiger partial charge in [-0.05, 0) is 60.3 Å². The van der Waals surface area contributed by atoms with Crippen LogP contribution in [-0.2, 0) is 25.3 Å². The SMILES string of the molecule is [2H]CN(C(=O)OCc1ccccc1)[C@@H](CCO[Si](c1ccccc1)(c1ccccc1)C(C)(C)C)C(=O)Nc1ccc2c(cnn2C(=O)OC(C)(C)C)n1. The molecule has 0 saturated carbocycles. The Morgan fingerprint density at radius 3 is 2.02 bits per heavy atom. The minimum Gasteiger partial charge on any atom is -0.445 e. The second-order valence-electron chi connectivity index (χ2n) is 14.5. The molecular weight excluding hydrogens is 675 g/mol. The van der Waals surface area contributed by atoms with Crippen LogP contribution in [0.15, 0.2) is 109 Å². The van der Waals surface area contributed by atoms with Crippen LogP contribution in [-0.4, -0.2) is 71.3 Å². The number of carbonyl (C=O) groups is 3. The first kappa shape index (κ1) is 36.5. The van der Waals surface area contributed by atoms with E-state index >= 15 is 0 Å². The minimum absolute atomic E-state index is 0.0249. The van der Waals surface area contributed by atoms with Gasteiger partial charge in [-0.1, -0.05) is 112 Å². The van der Waals surface area contributed by atoms with E-state index in [1.807, 2.05) is 66.7 Å². The number of benzene rings is 3. The van der Waals surface area contributed by atoms with Crippen molar-refractivity contribution in [3.05, 3.63) is 115 Å². The van der Waals surface area contributed by atoms with Gasteiger partial charge in [0.15, 0.2) is 0 Å². The molecule has 0 aliphatic rings. The molecule has 11 nitrogen and oxygen atoms in total. The summed E-state index contributed by atoms with van der Waals surface area (Å²) in [6, 6.07) is 31.4. The topological polar surface area (TPSA) is 125 Å². The summed E-state index contributed by atoms with van der Waals surface area (Å²) < 4.78 is 27.6. The average Bonchev–Trinajstić information content (AvgIpc) is 3.55. The lowest BCUT2D eigenvalue weighted by atomic mass is 10.2. The van der Waals surface area contributed by atoms with Gasteiger partial charge < -0.3 is 19.2 Å². The van der Waals surface area contributed by atoms with Gasteiger partial charge in [-0.15, -0.1) is 0 Å². The number of anilines is 1. The van der Waals surface area contributed by atoms with Crippen molar-refractivity contribution in [1.82, 2.24) is 19.7 Å². The Bertz CT molecular complexity index is 1960. The molecule has 0 aliphatic carbocycles. The Kier molecular flexibility index (Phi) is 11.2. The molecule has 0 aliphatic heterocycles. The molecule has 0 spiro atoms. The second kappa shape index (κ2) is 15.9. The van der Waals surface area contributed by atoms with E-state index in [1.54, 1.807) is 26.8 Å². The molecule has 0 bridgehead atoms. The summed E-state index contributed by atoms with van der Waals surface area (Å²) in [5, 5.41) is 8.78.